The maximum Gasteiger partial charge on any atom is 0.310 e. The topological polar surface area (TPSA) is 57.5 Å². The Labute approximate surface area is 110 Å². The van der Waals surface area contributed by atoms with Crippen molar-refractivity contribution in [3.8, 4) is 0 Å². The predicted molar refractivity (Wildman–Crippen MR) is 70.3 cm³/mol. The van der Waals surface area contributed by atoms with Gasteiger partial charge in [0.25, 0.3) is 0 Å². The average Bonchev–Trinajstić information content (AvgIpc) is 2.68. The van der Waals surface area contributed by atoms with Gasteiger partial charge in [-0.05, 0) is 38.0 Å². The lowest BCUT2D eigenvalue weighted by Gasteiger charge is -2.36. The Morgan fingerprint density at radius 3 is 2.56 bits per heavy atom. The minimum absolute atomic E-state index is 0.0194. The van der Waals surface area contributed by atoms with Crippen LogP contribution in [0.4, 0.5) is 0 Å². The van der Waals surface area contributed by atoms with E-state index in [-0.39, 0.29) is 5.92 Å². The molecule has 2 N–H and O–H groups in total. The van der Waals surface area contributed by atoms with Gasteiger partial charge >= 0.3 is 5.97 Å². The van der Waals surface area contributed by atoms with Crippen LogP contribution in [0.15, 0.2) is 0 Å². The fourth-order valence-corrected chi connectivity index (χ4v) is 4.15. The van der Waals surface area contributed by atoms with Crippen LogP contribution in [0.3, 0.4) is 0 Å². The first kappa shape index (κ1) is 13.9. The first-order valence-corrected chi connectivity index (χ1v) is 7.51. The Morgan fingerprint density at radius 2 is 1.94 bits per heavy atom. The molecule has 3 nitrogen and oxygen atoms in total. The summed E-state index contributed by atoms with van der Waals surface area (Å²) in [6, 6.07) is 0. The van der Waals surface area contributed by atoms with E-state index in [0.717, 1.165) is 57.8 Å². The van der Waals surface area contributed by atoms with Crippen molar-refractivity contribution in [1.82, 2.24) is 0 Å². The van der Waals surface area contributed by atoms with Crippen LogP contribution in [0, 0.1) is 17.3 Å². The van der Waals surface area contributed by atoms with Gasteiger partial charge in [0.05, 0.1) is 11.5 Å². The largest absolute Gasteiger partial charge is 0.481 e. The summed E-state index contributed by atoms with van der Waals surface area (Å²) in [5, 5.41) is 20.0. The molecule has 0 spiro atoms. The highest BCUT2D eigenvalue weighted by atomic mass is 16.4. The third-order valence-corrected chi connectivity index (χ3v) is 5.34. The molecule has 2 aliphatic carbocycles. The number of aliphatic hydroxyl groups is 1. The van der Waals surface area contributed by atoms with Crippen LogP contribution in [0.2, 0.25) is 0 Å². The zero-order valence-corrected chi connectivity index (χ0v) is 11.4. The number of carboxylic acids is 1. The van der Waals surface area contributed by atoms with Gasteiger partial charge in [-0.25, -0.2) is 0 Å². The van der Waals surface area contributed by atoms with Gasteiger partial charge in [0.2, 0.25) is 0 Å². The van der Waals surface area contributed by atoms with Crippen molar-refractivity contribution in [3.05, 3.63) is 0 Å². The van der Waals surface area contributed by atoms with Gasteiger partial charge < -0.3 is 10.2 Å². The van der Waals surface area contributed by atoms with E-state index in [2.05, 4.69) is 6.92 Å². The van der Waals surface area contributed by atoms with Gasteiger partial charge in [0.15, 0.2) is 0 Å². The number of carbonyl (C=O) groups is 1. The molecule has 2 saturated carbocycles. The summed E-state index contributed by atoms with van der Waals surface area (Å²) in [7, 11) is 0. The number of aliphatic carboxylic acids is 1. The van der Waals surface area contributed by atoms with Crippen LogP contribution >= 0.6 is 0 Å². The third-order valence-electron chi connectivity index (χ3n) is 5.34. The number of rotatable bonds is 3. The molecular formula is C15H26O3. The zero-order chi connectivity index (χ0) is 13.2. The van der Waals surface area contributed by atoms with Gasteiger partial charge in [-0.15, -0.1) is 0 Å². The molecule has 0 aliphatic heterocycles. The summed E-state index contributed by atoms with van der Waals surface area (Å²) in [6.45, 7) is 2.14. The second-order valence-corrected chi connectivity index (χ2v) is 6.29. The van der Waals surface area contributed by atoms with E-state index in [1.54, 1.807) is 0 Å². The number of aliphatic hydroxyl groups excluding tert-OH is 1. The maximum absolute atomic E-state index is 11.8. The van der Waals surface area contributed by atoms with E-state index in [4.69, 9.17) is 0 Å². The van der Waals surface area contributed by atoms with Gasteiger partial charge in [-0.2, -0.15) is 0 Å². The molecule has 0 aromatic rings. The van der Waals surface area contributed by atoms with Crippen molar-refractivity contribution in [2.45, 2.75) is 70.8 Å². The molecule has 104 valence electrons. The molecule has 3 heteroatoms. The zero-order valence-electron chi connectivity index (χ0n) is 11.4. The van der Waals surface area contributed by atoms with Crippen molar-refractivity contribution in [2.24, 2.45) is 17.3 Å². The molecule has 4 unspecified atom stereocenters. The molecule has 0 saturated heterocycles. The summed E-state index contributed by atoms with van der Waals surface area (Å²) in [6.07, 6.45) is 8.17. The van der Waals surface area contributed by atoms with E-state index < -0.39 is 17.5 Å². The Hall–Kier alpha value is -0.570. The van der Waals surface area contributed by atoms with Gasteiger partial charge in [-0.3, -0.25) is 4.79 Å². The third kappa shape index (κ3) is 2.42. The standard InChI is InChI=1S/C15H26O3/c1-2-11-8-9-15(10-11,14(17)18)12-6-4-3-5-7-13(12)16/h11-13,16H,2-10H2,1H3,(H,17,18). The molecule has 0 amide bonds. The highest BCUT2D eigenvalue weighted by Crippen LogP contribution is 2.52. The van der Waals surface area contributed by atoms with Crippen molar-refractivity contribution in [2.75, 3.05) is 0 Å². The summed E-state index contributed by atoms with van der Waals surface area (Å²) in [5.74, 6) is -0.144. The van der Waals surface area contributed by atoms with E-state index in [1.165, 1.54) is 0 Å². The summed E-state index contributed by atoms with van der Waals surface area (Å²) >= 11 is 0. The van der Waals surface area contributed by atoms with Crippen molar-refractivity contribution >= 4 is 5.97 Å². The number of hydrogen-bond donors (Lipinski definition) is 2. The lowest BCUT2D eigenvalue weighted by Crippen LogP contribution is -2.42. The first-order chi connectivity index (χ1) is 8.60. The van der Waals surface area contributed by atoms with Crippen molar-refractivity contribution < 1.29 is 15.0 Å². The van der Waals surface area contributed by atoms with E-state index in [9.17, 15) is 15.0 Å². The first-order valence-electron chi connectivity index (χ1n) is 7.51. The minimum Gasteiger partial charge on any atom is -0.481 e. The second-order valence-electron chi connectivity index (χ2n) is 6.29. The predicted octanol–water partition coefficient (Wildman–Crippen LogP) is 3.21. The molecule has 4 atom stereocenters. The van der Waals surface area contributed by atoms with Crippen LogP contribution in [0.1, 0.15) is 64.7 Å². The summed E-state index contributed by atoms with van der Waals surface area (Å²) in [5.41, 5.74) is -0.634. The van der Waals surface area contributed by atoms with Crippen LogP contribution in [0.5, 0.6) is 0 Å². The van der Waals surface area contributed by atoms with E-state index >= 15 is 0 Å². The normalized spacial score (nSPS) is 41.6. The van der Waals surface area contributed by atoms with E-state index in [0.29, 0.717) is 5.92 Å². The Bertz CT molecular complexity index is 302. The highest BCUT2D eigenvalue weighted by Gasteiger charge is 2.52. The van der Waals surface area contributed by atoms with Crippen molar-refractivity contribution in [1.29, 1.82) is 0 Å². The lowest BCUT2D eigenvalue weighted by molar-refractivity contribution is -0.156. The van der Waals surface area contributed by atoms with E-state index in [1.807, 2.05) is 0 Å². The Kier molecular flexibility index (Phi) is 4.31. The molecule has 0 aromatic carbocycles. The van der Waals surface area contributed by atoms with Crippen LogP contribution in [-0.2, 0) is 4.79 Å². The Balaban J connectivity index is 2.21. The minimum atomic E-state index is -0.663. The number of carboxylic acid groups (broad SMARTS) is 1. The van der Waals surface area contributed by atoms with Gasteiger partial charge in [0.1, 0.15) is 0 Å². The molecule has 2 aliphatic rings. The SMILES string of the molecule is CCC1CCC(C(=O)O)(C2CCCCCC2O)C1. The molecule has 0 bridgehead atoms. The fourth-order valence-electron chi connectivity index (χ4n) is 4.15. The molecule has 0 aromatic heterocycles. The summed E-state index contributed by atoms with van der Waals surface area (Å²) in [4.78, 5) is 11.8. The van der Waals surface area contributed by atoms with Gasteiger partial charge in [0, 0.05) is 5.92 Å². The smallest absolute Gasteiger partial charge is 0.310 e. The van der Waals surface area contributed by atoms with Crippen LogP contribution in [0.25, 0.3) is 0 Å². The molecule has 0 radical (unpaired) electrons. The molecule has 18 heavy (non-hydrogen) atoms. The highest BCUT2D eigenvalue weighted by molar-refractivity contribution is 5.75. The van der Waals surface area contributed by atoms with Crippen molar-refractivity contribution in [3.63, 3.8) is 0 Å². The maximum atomic E-state index is 11.8. The summed E-state index contributed by atoms with van der Waals surface area (Å²) < 4.78 is 0. The Morgan fingerprint density at radius 1 is 1.22 bits per heavy atom. The monoisotopic (exact) mass is 254 g/mol. The van der Waals surface area contributed by atoms with Crippen LogP contribution < -0.4 is 0 Å². The second kappa shape index (κ2) is 5.60. The average molecular weight is 254 g/mol. The fraction of sp³-hybridized carbons (Fsp3) is 0.933. The van der Waals surface area contributed by atoms with Gasteiger partial charge in [-0.1, -0.05) is 32.6 Å². The lowest BCUT2D eigenvalue weighted by atomic mass is 9.68. The molecular weight excluding hydrogens is 228 g/mol. The number of hydrogen-bond acceptors (Lipinski definition) is 2. The molecule has 0 heterocycles. The molecule has 2 fully saturated rings. The molecule has 2 rings (SSSR count). The quantitative estimate of drug-likeness (QED) is 0.760. The van der Waals surface area contributed by atoms with Crippen LogP contribution in [-0.4, -0.2) is 22.3 Å².